The molecule has 0 aliphatic carbocycles. The molecule has 0 bridgehead atoms. The van der Waals surface area contributed by atoms with Gasteiger partial charge in [0.15, 0.2) is 34.5 Å². The lowest BCUT2D eigenvalue weighted by Gasteiger charge is -2.08. The minimum Gasteiger partial charge on any atom is -0.508 e. The van der Waals surface area contributed by atoms with Crippen LogP contribution in [0.5, 0.6) is 57.5 Å². The van der Waals surface area contributed by atoms with Gasteiger partial charge < -0.3 is 59.9 Å². The fourth-order valence-electron chi connectivity index (χ4n) is 8.97. The Bertz CT molecular complexity index is 4500. The molecule has 15 aromatic rings. The smallest absolute Gasteiger partial charge is 0.238 e. The minimum atomic E-state index is -0.888. The average Bonchev–Trinajstić information content (AvgIpc) is 1.94. The molecule has 0 radical (unpaired) electrons. The standard InChI is InChI=1S/2C15H10O7.3C12H8N2/c2*16-7-4-10(19)12-11(5-7)22-15(14(21)13(12)20)6-1-2-8(17)9(18)3-6;3*1-2-6-10-9(5-1)13-11-7-3-4-8-12(11)14-10/h2*1-5,16-19,21H;3*1-8H. The quantitative estimate of drug-likeness (QED) is 0.0568. The molecule has 5 aromatic heterocycles. The summed E-state index contributed by atoms with van der Waals surface area (Å²) in [6.45, 7) is 0. The summed E-state index contributed by atoms with van der Waals surface area (Å²) in [5.41, 5.74) is 9.62. The first-order chi connectivity index (χ1) is 41.6. The summed E-state index contributed by atoms with van der Waals surface area (Å²) in [5, 5.41) is 95.3. The topological polar surface area (TPSA) is 340 Å². The summed E-state index contributed by atoms with van der Waals surface area (Å²) >= 11 is 0. The van der Waals surface area contributed by atoms with Crippen LogP contribution in [0.3, 0.4) is 0 Å². The number of benzene rings is 10. The monoisotopic (exact) mass is 1140 g/mol. The molecule has 422 valence electrons. The zero-order valence-corrected chi connectivity index (χ0v) is 44.4. The van der Waals surface area contributed by atoms with E-state index in [1.807, 2.05) is 146 Å². The van der Waals surface area contributed by atoms with Crippen molar-refractivity contribution in [2.24, 2.45) is 0 Å². The van der Waals surface area contributed by atoms with Crippen molar-refractivity contribution >= 4 is 88.1 Å². The summed E-state index contributed by atoms with van der Waals surface area (Å²) in [5.74, 6) is -5.43. The van der Waals surface area contributed by atoms with E-state index < -0.39 is 45.4 Å². The van der Waals surface area contributed by atoms with Gasteiger partial charge in [-0.05, 0) is 109 Å². The molecule has 0 amide bonds. The molecule has 0 unspecified atom stereocenters. The highest BCUT2D eigenvalue weighted by molar-refractivity contribution is 5.91. The van der Waals surface area contributed by atoms with Crippen LogP contribution in [0, 0.1) is 0 Å². The van der Waals surface area contributed by atoms with Crippen molar-refractivity contribution < 1.29 is 59.9 Å². The van der Waals surface area contributed by atoms with E-state index in [9.17, 15) is 60.7 Å². The summed E-state index contributed by atoms with van der Waals surface area (Å²) in [4.78, 5) is 51.4. The number of rotatable bonds is 2. The predicted molar refractivity (Wildman–Crippen MR) is 324 cm³/mol. The first-order valence-electron chi connectivity index (χ1n) is 25.9. The SMILES string of the molecule is O=c1c(O)c(-c2ccc(O)c(O)c2)oc2cc(O)cc(O)c12.O=c1c(O)c(-c2ccc(O)c(O)c2)oc2cc(O)cc(O)c12.c1ccc2nc3ccccc3nc2c1.c1ccc2nc3ccccc3nc2c1.c1ccc2nc3ccccc3nc2c1. The van der Waals surface area contributed by atoms with Gasteiger partial charge in [0, 0.05) is 35.4 Å². The molecule has 15 rings (SSSR count). The lowest BCUT2D eigenvalue weighted by atomic mass is 10.1. The summed E-state index contributed by atoms with van der Waals surface area (Å²) in [7, 11) is 0. The van der Waals surface area contributed by atoms with Crippen molar-refractivity contribution in [1.82, 2.24) is 29.9 Å². The Morgan fingerprint density at radius 3 is 0.709 bits per heavy atom. The van der Waals surface area contributed by atoms with E-state index in [1.165, 1.54) is 12.1 Å². The van der Waals surface area contributed by atoms with Crippen LogP contribution in [0.15, 0.2) is 225 Å². The molecule has 0 saturated heterocycles. The van der Waals surface area contributed by atoms with Crippen LogP contribution in [0.1, 0.15) is 0 Å². The van der Waals surface area contributed by atoms with E-state index >= 15 is 0 Å². The highest BCUT2D eigenvalue weighted by Gasteiger charge is 2.21. The van der Waals surface area contributed by atoms with Crippen LogP contribution >= 0.6 is 0 Å². The van der Waals surface area contributed by atoms with E-state index in [-0.39, 0.29) is 67.6 Å². The van der Waals surface area contributed by atoms with Crippen molar-refractivity contribution in [3.05, 3.63) is 227 Å². The van der Waals surface area contributed by atoms with E-state index in [4.69, 9.17) is 8.83 Å². The van der Waals surface area contributed by atoms with Crippen LogP contribution in [0.4, 0.5) is 0 Å². The van der Waals surface area contributed by atoms with Crippen LogP contribution in [-0.4, -0.2) is 81.0 Å². The van der Waals surface area contributed by atoms with Gasteiger partial charge in [-0.15, -0.1) is 0 Å². The number of fused-ring (bicyclic) bond motifs is 8. The molecule has 20 heteroatoms. The normalized spacial score (nSPS) is 10.9. The third kappa shape index (κ3) is 11.5. The molecule has 5 heterocycles. The van der Waals surface area contributed by atoms with Crippen molar-refractivity contribution in [2.75, 3.05) is 0 Å². The lowest BCUT2D eigenvalue weighted by molar-refractivity contribution is 0.403. The third-order valence-electron chi connectivity index (χ3n) is 13.1. The molecule has 86 heavy (non-hydrogen) atoms. The van der Waals surface area contributed by atoms with Gasteiger partial charge in [0.2, 0.25) is 22.4 Å². The van der Waals surface area contributed by atoms with Gasteiger partial charge >= 0.3 is 0 Å². The van der Waals surface area contributed by atoms with Crippen molar-refractivity contribution in [1.29, 1.82) is 0 Å². The highest BCUT2D eigenvalue weighted by atomic mass is 16.4. The molecule has 0 spiro atoms. The number of phenolic OH excluding ortho intramolecular Hbond substituents is 8. The van der Waals surface area contributed by atoms with E-state index in [2.05, 4.69) is 29.9 Å². The zero-order valence-electron chi connectivity index (χ0n) is 44.4. The van der Waals surface area contributed by atoms with Gasteiger partial charge in [-0.25, -0.2) is 29.9 Å². The first kappa shape index (κ1) is 55.3. The number of aromatic nitrogens is 6. The third-order valence-corrected chi connectivity index (χ3v) is 13.1. The molecule has 0 fully saturated rings. The molecule has 0 aliphatic heterocycles. The summed E-state index contributed by atoms with van der Waals surface area (Å²) < 4.78 is 10.7. The van der Waals surface area contributed by atoms with Gasteiger partial charge in [0.1, 0.15) is 44.9 Å². The minimum absolute atomic E-state index is 0.134. The number of phenols is 8. The number of para-hydroxylation sites is 12. The average molecular weight is 1150 g/mol. The molecule has 10 aromatic carbocycles. The predicted octanol–water partition coefficient (Wildman–Crippen LogP) is 12.3. The molecule has 10 N–H and O–H groups in total. The number of hydrogen-bond donors (Lipinski definition) is 10. The van der Waals surface area contributed by atoms with E-state index in [0.29, 0.717) is 0 Å². The fourth-order valence-corrected chi connectivity index (χ4v) is 8.97. The highest BCUT2D eigenvalue weighted by Crippen LogP contribution is 2.40. The van der Waals surface area contributed by atoms with Crippen LogP contribution in [0.2, 0.25) is 0 Å². The molecular weight excluding hydrogens is 1100 g/mol. The zero-order chi connectivity index (χ0) is 60.2. The second kappa shape index (κ2) is 23.5. The second-order valence-electron chi connectivity index (χ2n) is 18.9. The van der Waals surface area contributed by atoms with Crippen LogP contribution < -0.4 is 10.9 Å². The Labute approximate surface area is 482 Å². The van der Waals surface area contributed by atoms with Crippen LogP contribution in [-0.2, 0) is 0 Å². The Hall–Kier alpha value is -12.6. The first-order valence-corrected chi connectivity index (χ1v) is 25.9. The van der Waals surface area contributed by atoms with Crippen LogP contribution in [0.25, 0.3) is 111 Å². The molecular formula is C66H44N6O14. The number of aromatic hydroxyl groups is 10. The Balaban J connectivity index is 0.000000113. The van der Waals surface area contributed by atoms with E-state index in [0.717, 1.165) is 115 Å². The Kier molecular flexibility index (Phi) is 15.1. The largest absolute Gasteiger partial charge is 0.508 e. The van der Waals surface area contributed by atoms with Crippen molar-refractivity contribution in [3.63, 3.8) is 0 Å². The molecule has 0 aliphatic rings. The summed E-state index contributed by atoms with van der Waals surface area (Å²) in [6, 6.07) is 58.8. The maximum Gasteiger partial charge on any atom is 0.238 e. The fraction of sp³-hybridized carbons (Fsp3) is 0. The second-order valence-corrected chi connectivity index (χ2v) is 18.9. The van der Waals surface area contributed by atoms with Gasteiger partial charge in [0.05, 0.1) is 66.2 Å². The van der Waals surface area contributed by atoms with Gasteiger partial charge in [-0.2, -0.15) is 0 Å². The summed E-state index contributed by atoms with van der Waals surface area (Å²) in [6.07, 6.45) is 0. The van der Waals surface area contributed by atoms with Gasteiger partial charge in [-0.3, -0.25) is 9.59 Å². The molecule has 20 nitrogen and oxygen atoms in total. The van der Waals surface area contributed by atoms with Crippen molar-refractivity contribution in [3.8, 4) is 80.1 Å². The van der Waals surface area contributed by atoms with E-state index in [1.54, 1.807) is 0 Å². The van der Waals surface area contributed by atoms with Crippen molar-refractivity contribution in [2.45, 2.75) is 0 Å². The maximum atomic E-state index is 12.1. The number of hydrogen-bond acceptors (Lipinski definition) is 20. The lowest BCUT2D eigenvalue weighted by Crippen LogP contribution is -2.02. The Morgan fingerprint density at radius 2 is 0.488 bits per heavy atom. The maximum absolute atomic E-state index is 12.1. The van der Waals surface area contributed by atoms with Gasteiger partial charge in [-0.1, -0.05) is 72.8 Å². The molecule has 0 atom stereocenters. The Morgan fingerprint density at radius 1 is 0.256 bits per heavy atom. The number of nitrogens with zero attached hydrogens (tertiary/aromatic N) is 6. The molecule has 0 saturated carbocycles. The van der Waals surface area contributed by atoms with Gasteiger partial charge in [0.25, 0.3) is 0 Å².